The third-order valence-electron chi connectivity index (χ3n) is 5.79. The van der Waals surface area contributed by atoms with Gasteiger partial charge in [0.05, 0.1) is 24.3 Å². The van der Waals surface area contributed by atoms with Gasteiger partial charge in [-0.05, 0) is 51.4 Å². The van der Waals surface area contributed by atoms with E-state index in [1.807, 2.05) is 13.8 Å². The van der Waals surface area contributed by atoms with Crippen molar-refractivity contribution in [3.63, 3.8) is 0 Å². The van der Waals surface area contributed by atoms with Crippen LogP contribution in [-0.4, -0.2) is 60.0 Å². The zero-order valence-electron chi connectivity index (χ0n) is 15.9. The lowest BCUT2D eigenvalue weighted by Crippen LogP contribution is -2.63. The lowest BCUT2D eigenvalue weighted by Gasteiger charge is -2.51. The number of carbonyl (C=O) groups is 1. The van der Waals surface area contributed by atoms with Crippen LogP contribution in [0.5, 0.6) is 0 Å². The van der Waals surface area contributed by atoms with Crippen molar-refractivity contribution in [2.24, 2.45) is 11.8 Å². The third-order valence-corrected chi connectivity index (χ3v) is 6.57. The molecule has 1 saturated heterocycles. The molecule has 27 heavy (non-hydrogen) atoms. The van der Waals surface area contributed by atoms with Gasteiger partial charge in [0.1, 0.15) is 5.75 Å². The smallest absolute Gasteiger partial charge is 0.329 e. The van der Waals surface area contributed by atoms with Crippen molar-refractivity contribution in [1.82, 2.24) is 15.0 Å². The molecule has 3 atom stereocenters. The second-order valence-corrected chi connectivity index (χ2v) is 11.0. The van der Waals surface area contributed by atoms with Crippen molar-refractivity contribution < 1.29 is 22.5 Å². The van der Waals surface area contributed by atoms with Gasteiger partial charge in [-0.2, -0.15) is 4.98 Å². The van der Waals surface area contributed by atoms with Crippen LogP contribution < -0.4 is 5.32 Å². The molecule has 0 aromatic carbocycles. The minimum Gasteiger partial charge on any atom is -0.365 e. The molecule has 1 spiro atoms. The molecule has 2 aliphatic carbocycles. The highest BCUT2D eigenvalue weighted by Gasteiger charge is 2.57. The number of sulfone groups is 1. The van der Waals surface area contributed by atoms with Gasteiger partial charge in [-0.25, -0.2) is 13.2 Å². The molecule has 150 valence electrons. The zero-order valence-corrected chi connectivity index (χ0v) is 16.7. The van der Waals surface area contributed by atoms with E-state index < -0.39 is 15.4 Å². The predicted octanol–water partition coefficient (Wildman–Crippen LogP) is 1.82. The molecule has 1 aliphatic heterocycles. The fourth-order valence-electron chi connectivity index (χ4n) is 5.08. The number of urea groups is 1. The Morgan fingerprint density at radius 3 is 2.74 bits per heavy atom. The van der Waals surface area contributed by atoms with Crippen LogP contribution in [0.1, 0.15) is 45.4 Å². The lowest BCUT2D eigenvalue weighted by atomic mass is 9.81. The molecule has 1 aromatic heterocycles. The second-order valence-electron chi connectivity index (χ2n) is 8.88. The number of carbonyl (C=O) groups excluding carboxylic acids is 1. The average Bonchev–Trinajstić information content (AvgIpc) is 3.20. The Hall–Kier alpha value is -1.68. The van der Waals surface area contributed by atoms with Gasteiger partial charge in [0, 0.05) is 6.26 Å². The zero-order chi connectivity index (χ0) is 19.4. The van der Waals surface area contributed by atoms with Gasteiger partial charge in [0.2, 0.25) is 0 Å². The Bertz CT molecular complexity index is 851. The summed E-state index contributed by atoms with van der Waals surface area (Å²) in [6, 6.07) is -0.423. The summed E-state index contributed by atoms with van der Waals surface area (Å²) in [6.45, 7) is 5.03. The van der Waals surface area contributed by atoms with E-state index in [9.17, 15) is 13.2 Å². The van der Waals surface area contributed by atoms with Gasteiger partial charge >= 0.3 is 12.0 Å². The molecule has 2 saturated carbocycles. The fraction of sp³-hybridized carbons (Fsp3) is 0.824. The minimum absolute atomic E-state index is 0.0275. The van der Waals surface area contributed by atoms with Gasteiger partial charge in [-0.15, -0.1) is 0 Å². The summed E-state index contributed by atoms with van der Waals surface area (Å²) in [6.07, 6.45) is 5.70. The van der Waals surface area contributed by atoms with Crippen LogP contribution in [0.3, 0.4) is 0 Å². The highest BCUT2D eigenvalue weighted by molar-refractivity contribution is 7.89. The van der Waals surface area contributed by atoms with Gasteiger partial charge in [-0.1, -0.05) is 5.16 Å². The van der Waals surface area contributed by atoms with E-state index in [0.29, 0.717) is 24.9 Å². The van der Waals surface area contributed by atoms with Crippen LogP contribution in [0.15, 0.2) is 4.52 Å². The van der Waals surface area contributed by atoms with E-state index in [2.05, 4.69) is 15.5 Å². The Morgan fingerprint density at radius 1 is 1.33 bits per heavy atom. The normalized spacial score (nSPS) is 32.2. The van der Waals surface area contributed by atoms with Gasteiger partial charge < -0.3 is 14.2 Å². The van der Waals surface area contributed by atoms with Gasteiger partial charge in [0.15, 0.2) is 15.7 Å². The topological polar surface area (TPSA) is 115 Å². The van der Waals surface area contributed by atoms with Gasteiger partial charge in [0.25, 0.3) is 0 Å². The maximum absolute atomic E-state index is 12.8. The van der Waals surface area contributed by atoms with Crippen molar-refractivity contribution in [2.45, 2.75) is 56.5 Å². The first-order chi connectivity index (χ1) is 12.5. The maximum Gasteiger partial charge on any atom is 0.329 e. The number of amides is 2. The van der Waals surface area contributed by atoms with Crippen LogP contribution in [0, 0.1) is 11.8 Å². The first kappa shape index (κ1) is 18.7. The fourth-order valence-corrected chi connectivity index (χ4v) is 5.66. The highest BCUT2D eigenvalue weighted by atomic mass is 32.2. The number of hydrogen-bond acceptors (Lipinski definition) is 7. The van der Waals surface area contributed by atoms with E-state index in [0.717, 1.165) is 19.1 Å². The largest absolute Gasteiger partial charge is 0.365 e. The molecule has 0 radical (unpaired) electrons. The quantitative estimate of drug-likeness (QED) is 0.826. The van der Waals surface area contributed by atoms with Crippen molar-refractivity contribution in [2.75, 3.05) is 24.7 Å². The van der Waals surface area contributed by atoms with Crippen LogP contribution in [0.25, 0.3) is 0 Å². The molecule has 10 heteroatoms. The third kappa shape index (κ3) is 3.82. The van der Waals surface area contributed by atoms with Crippen LogP contribution in [0.2, 0.25) is 0 Å². The second kappa shape index (κ2) is 6.16. The molecule has 0 unspecified atom stereocenters. The molecule has 4 rings (SSSR count). The van der Waals surface area contributed by atoms with Gasteiger partial charge in [-0.3, -0.25) is 5.32 Å². The predicted molar refractivity (Wildman–Crippen MR) is 96.8 cm³/mol. The number of rotatable bonds is 3. The average molecular weight is 398 g/mol. The monoisotopic (exact) mass is 398 g/mol. The first-order valence-corrected chi connectivity index (χ1v) is 11.4. The SMILES string of the molecule is CC1(C)CN(C(=O)Nc2nc(CS(C)(=O)=O)no2)C[C@]2(C[C@@H]3CC[C@H]2C3)O1. The number of anilines is 1. The van der Waals surface area contributed by atoms with E-state index in [1.54, 1.807) is 4.90 Å². The van der Waals surface area contributed by atoms with Crippen LogP contribution in [0.4, 0.5) is 10.8 Å². The summed E-state index contributed by atoms with van der Waals surface area (Å²) in [5.41, 5.74) is -0.700. The molecule has 3 fully saturated rings. The highest BCUT2D eigenvalue weighted by Crippen LogP contribution is 2.55. The van der Waals surface area contributed by atoms with Crippen molar-refractivity contribution in [3.05, 3.63) is 5.82 Å². The molecule has 1 N–H and O–H groups in total. The van der Waals surface area contributed by atoms with E-state index in [-0.39, 0.29) is 29.2 Å². The number of nitrogens with zero attached hydrogens (tertiary/aromatic N) is 3. The first-order valence-electron chi connectivity index (χ1n) is 9.30. The molecule has 2 amide bonds. The summed E-state index contributed by atoms with van der Waals surface area (Å²) < 4.78 is 34.1. The summed E-state index contributed by atoms with van der Waals surface area (Å²) in [5.74, 6) is 0.897. The Balaban J connectivity index is 1.47. The number of ether oxygens (including phenoxy) is 1. The number of nitrogens with one attached hydrogen (secondary N) is 1. The van der Waals surface area contributed by atoms with Crippen LogP contribution >= 0.6 is 0 Å². The number of morpholine rings is 1. The molecule has 1 aromatic rings. The number of hydrogen-bond donors (Lipinski definition) is 1. The molecule has 2 heterocycles. The maximum atomic E-state index is 12.8. The summed E-state index contributed by atoms with van der Waals surface area (Å²) in [4.78, 5) is 18.5. The summed E-state index contributed by atoms with van der Waals surface area (Å²) >= 11 is 0. The molecular formula is C17H26N4O5S. The molecule has 2 bridgehead atoms. The number of aromatic nitrogens is 2. The Labute approximate surface area is 158 Å². The van der Waals surface area contributed by atoms with Crippen molar-refractivity contribution in [1.29, 1.82) is 0 Å². The van der Waals surface area contributed by atoms with E-state index in [4.69, 9.17) is 9.26 Å². The summed E-state index contributed by atoms with van der Waals surface area (Å²) in [7, 11) is -3.27. The minimum atomic E-state index is -3.27. The Morgan fingerprint density at radius 2 is 2.11 bits per heavy atom. The summed E-state index contributed by atoms with van der Waals surface area (Å²) in [5, 5.41) is 6.21. The molecule has 3 aliphatic rings. The van der Waals surface area contributed by atoms with Crippen molar-refractivity contribution in [3.8, 4) is 0 Å². The van der Waals surface area contributed by atoms with Crippen molar-refractivity contribution >= 4 is 21.9 Å². The standard InChI is InChI=1S/C17H26N4O5S/c1-16(2)9-21(10-17(26-16)7-11-4-5-12(17)6-11)15(22)19-14-18-13(20-25-14)8-27(3,23)24/h11-12H,4-10H2,1-3H3,(H,18,19,20,22)/t11-,12+,17+/m1/s1. The molecule has 9 nitrogen and oxygen atoms in total. The van der Waals surface area contributed by atoms with E-state index in [1.165, 1.54) is 12.8 Å². The van der Waals surface area contributed by atoms with E-state index >= 15 is 0 Å². The Kier molecular flexibility index (Phi) is 4.26. The lowest BCUT2D eigenvalue weighted by molar-refractivity contribution is -0.207. The van der Waals surface area contributed by atoms with Crippen LogP contribution in [-0.2, 0) is 20.3 Å². The molecular weight excluding hydrogens is 372 g/mol. The number of fused-ring (bicyclic) bond motifs is 3.